The number of nitrogens with zero attached hydrogens (tertiary/aromatic N) is 3. The summed E-state index contributed by atoms with van der Waals surface area (Å²) in [6.07, 6.45) is 2.51. The number of carbonyl (C=O) groups excluding carboxylic acids is 1. The maximum absolute atomic E-state index is 12.4. The van der Waals surface area contributed by atoms with E-state index in [0.717, 1.165) is 16.9 Å². The number of amides is 1. The quantitative estimate of drug-likeness (QED) is 0.772. The lowest BCUT2D eigenvalue weighted by Crippen LogP contribution is -2.39. The first kappa shape index (κ1) is 16.1. The van der Waals surface area contributed by atoms with Crippen LogP contribution >= 0.6 is 0 Å². The molecule has 8 heteroatoms. The number of unbranched alkanes of at least 4 members (excludes halogenated alkanes) is 1. The molecule has 1 aromatic rings. The molecule has 0 aliphatic rings. The number of primary amides is 1. The van der Waals surface area contributed by atoms with Crippen LogP contribution in [0.2, 0.25) is 0 Å². The zero-order chi connectivity index (χ0) is 15.2. The van der Waals surface area contributed by atoms with Gasteiger partial charge in [-0.25, -0.2) is 13.4 Å². The number of carbonyl (C=O) groups is 1. The molecular weight excluding hydrogens is 280 g/mol. The highest BCUT2D eigenvalue weighted by Crippen LogP contribution is 2.15. The predicted octanol–water partition coefficient (Wildman–Crippen LogP) is 0.229. The average molecular weight is 296 g/mol. The Balaban J connectivity index is 3.07. The van der Waals surface area contributed by atoms with E-state index in [0.29, 0.717) is 6.42 Å². The van der Waals surface area contributed by atoms with Crippen LogP contribution in [-0.2, 0) is 14.8 Å². The number of nitrogens with two attached hydrogens (primary N) is 1. The molecule has 0 aliphatic heterocycles. The summed E-state index contributed by atoms with van der Waals surface area (Å²) >= 11 is 0. The Morgan fingerprint density at radius 3 is 2.65 bits per heavy atom. The van der Waals surface area contributed by atoms with Crippen LogP contribution < -0.4 is 5.73 Å². The molecule has 0 saturated heterocycles. The van der Waals surface area contributed by atoms with E-state index in [-0.39, 0.29) is 23.7 Å². The van der Waals surface area contributed by atoms with Crippen molar-refractivity contribution in [2.45, 2.75) is 24.7 Å². The fourth-order valence-electron chi connectivity index (χ4n) is 1.54. The number of hydrogen-bond donors (Lipinski definition) is 1. The number of sulfonamides is 1. The van der Waals surface area contributed by atoms with Gasteiger partial charge < -0.3 is 5.73 Å². The summed E-state index contributed by atoms with van der Waals surface area (Å²) in [6, 6.07) is 4.41. The van der Waals surface area contributed by atoms with Crippen LogP contribution in [-0.4, -0.2) is 36.7 Å². The molecule has 1 heterocycles. The molecule has 20 heavy (non-hydrogen) atoms. The van der Waals surface area contributed by atoms with Crippen molar-refractivity contribution in [1.29, 1.82) is 5.26 Å². The lowest BCUT2D eigenvalue weighted by Gasteiger charge is -2.20. The molecule has 1 amide bonds. The minimum atomic E-state index is -3.83. The number of aromatic nitrogens is 1. The molecule has 0 saturated carbocycles. The van der Waals surface area contributed by atoms with Crippen LogP contribution in [0.25, 0.3) is 0 Å². The molecule has 0 fully saturated rings. The van der Waals surface area contributed by atoms with Crippen LogP contribution in [0, 0.1) is 11.3 Å². The second-order valence-electron chi connectivity index (χ2n) is 4.15. The van der Waals surface area contributed by atoms with E-state index in [9.17, 15) is 13.2 Å². The van der Waals surface area contributed by atoms with Crippen molar-refractivity contribution in [2.24, 2.45) is 5.73 Å². The maximum Gasteiger partial charge on any atom is 0.245 e. The Hall–Kier alpha value is -1.98. The van der Waals surface area contributed by atoms with Gasteiger partial charge in [0.25, 0.3) is 0 Å². The van der Waals surface area contributed by atoms with Crippen molar-refractivity contribution in [3.63, 3.8) is 0 Å². The second-order valence-corrected chi connectivity index (χ2v) is 6.09. The molecule has 0 bridgehead atoms. The largest absolute Gasteiger partial charge is 0.369 e. The highest BCUT2D eigenvalue weighted by atomic mass is 32.2. The van der Waals surface area contributed by atoms with Crippen molar-refractivity contribution in [3.8, 4) is 6.07 Å². The van der Waals surface area contributed by atoms with Gasteiger partial charge >= 0.3 is 0 Å². The lowest BCUT2D eigenvalue weighted by atomic mass is 10.3. The summed E-state index contributed by atoms with van der Waals surface area (Å²) in [6.45, 7) is 1.75. The molecule has 1 aromatic heterocycles. The molecule has 0 aliphatic carbocycles. The van der Waals surface area contributed by atoms with Gasteiger partial charge in [0, 0.05) is 12.7 Å². The summed E-state index contributed by atoms with van der Waals surface area (Å²) in [5.74, 6) is -0.716. The summed E-state index contributed by atoms with van der Waals surface area (Å²) in [5.41, 5.74) is 5.21. The summed E-state index contributed by atoms with van der Waals surface area (Å²) in [4.78, 5) is 14.7. The van der Waals surface area contributed by atoms with Gasteiger partial charge in [-0.2, -0.15) is 9.57 Å². The highest BCUT2D eigenvalue weighted by molar-refractivity contribution is 7.89. The van der Waals surface area contributed by atoms with Gasteiger partial charge in [-0.05, 0) is 18.6 Å². The van der Waals surface area contributed by atoms with E-state index in [1.165, 1.54) is 12.1 Å². The van der Waals surface area contributed by atoms with E-state index in [2.05, 4.69) is 4.98 Å². The zero-order valence-electron chi connectivity index (χ0n) is 11.1. The third kappa shape index (κ3) is 4.01. The number of nitriles is 1. The normalized spacial score (nSPS) is 11.2. The molecule has 2 N–H and O–H groups in total. The first-order valence-corrected chi connectivity index (χ1v) is 7.50. The molecule has 0 atom stereocenters. The van der Waals surface area contributed by atoms with Crippen LogP contribution in [0.1, 0.15) is 25.5 Å². The van der Waals surface area contributed by atoms with Crippen molar-refractivity contribution >= 4 is 15.9 Å². The third-order valence-electron chi connectivity index (χ3n) is 2.58. The van der Waals surface area contributed by atoms with Crippen LogP contribution in [0.4, 0.5) is 0 Å². The first-order chi connectivity index (χ1) is 9.41. The van der Waals surface area contributed by atoms with Gasteiger partial charge in [-0.3, -0.25) is 4.79 Å². The second kappa shape index (κ2) is 6.98. The van der Waals surface area contributed by atoms with Gasteiger partial charge in [-0.15, -0.1) is 0 Å². The van der Waals surface area contributed by atoms with Crippen molar-refractivity contribution < 1.29 is 13.2 Å². The van der Waals surface area contributed by atoms with E-state index in [4.69, 9.17) is 11.0 Å². The van der Waals surface area contributed by atoms with Gasteiger partial charge in [0.2, 0.25) is 15.9 Å². The van der Waals surface area contributed by atoms with Crippen molar-refractivity contribution in [2.75, 3.05) is 13.1 Å². The molecule has 0 aromatic carbocycles. The highest BCUT2D eigenvalue weighted by Gasteiger charge is 2.25. The molecule has 0 radical (unpaired) electrons. The topological polar surface area (TPSA) is 117 Å². The van der Waals surface area contributed by atoms with E-state index < -0.39 is 15.9 Å². The number of rotatable bonds is 7. The minimum Gasteiger partial charge on any atom is -0.369 e. The maximum atomic E-state index is 12.4. The molecule has 0 spiro atoms. The Bertz CT molecular complexity index is 605. The lowest BCUT2D eigenvalue weighted by molar-refractivity contribution is -0.118. The Morgan fingerprint density at radius 2 is 2.20 bits per heavy atom. The Labute approximate surface area is 118 Å². The summed E-state index contributed by atoms with van der Waals surface area (Å²) in [5, 5.41) is 8.64. The van der Waals surface area contributed by atoms with Gasteiger partial charge in [0.15, 0.2) is 0 Å². The average Bonchev–Trinajstić information content (AvgIpc) is 2.43. The van der Waals surface area contributed by atoms with Gasteiger partial charge in [0.1, 0.15) is 16.7 Å². The van der Waals surface area contributed by atoms with Crippen molar-refractivity contribution in [3.05, 3.63) is 24.0 Å². The number of pyridine rings is 1. The van der Waals surface area contributed by atoms with E-state index in [1.54, 1.807) is 0 Å². The molecule has 1 rings (SSSR count). The SMILES string of the molecule is CCCCN(CC(N)=O)S(=O)(=O)c1ccc(C#N)nc1. The molecule has 7 nitrogen and oxygen atoms in total. The zero-order valence-corrected chi connectivity index (χ0v) is 11.9. The fraction of sp³-hybridized carbons (Fsp3) is 0.417. The third-order valence-corrected chi connectivity index (χ3v) is 4.41. The van der Waals surface area contributed by atoms with Crippen LogP contribution in [0.15, 0.2) is 23.2 Å². The predicted molar refractivity (Wildman–Crippen MR) is 71.8 cm³/mol. The van der Waals surface area contributed by atoms with E-state index >= 15 is 0 Å². The molecule has 108 valence electrons. The van der Waals surface area contributed by atoms with Crippen LogP contribution in [0.3, 0.4) is 0 Å². The van der Waals surface area contributed by atoms with E-state index in [1.807, 2.05) is 13.0 Å². The fourth-order valence-corrected chi connectivity index (χ4v) is 2.93. The molecule has 0 unspecified atom stereocenters. The van der Waals surface area contributed by atoms with Crippen LogP contribution in [0.5, 0.6) is 0 Å². The molecular formula is C12H16N4O3S. The minimum absolute atomic E-state index is 0.0612. The smallest absolute Gasteiger partial charge is 0.245 e. The van der Waals surface area contributed by atoms with Gasteiger partial charge in [-0.1, -0.05) is 13.3 Å². The summed E-state index contributed by atoms with van der Waals surface area (Å²) < 4.78 is 25.8. The van der Waals surface area contributed by atoms with Crippen molar-refractivity contribution in [1.82, 2.24) is 9.29 Å². The Kier molecular flexibility index (Phi) is 5.61. The monoisotopic (exact) mass is 296 g/mol. The number of hydrogen-bond acceptors (Lipinski definition) is 5. The van der Waals surface area contributed by atoms with Gasteiger partial charge in [0.05, 0.1) is 6.54 Å². The Morgan fingerprint density at radius 1 is 1.50 bits per heavy atom. The summed E-state index contributed by atoms with van der Waals surface area (Å²) in [7, 11) is -3.83. The first-order valence-electron chi connectivity index (χ1n) is 6.06. The standard InChI is InChI=1S/C12H16N4O3S/c1-2-3-6-16(9-12(14)17)20(18,19)11-5-4-10(7-13)15-8-11/h4-5,8H,2-3,6,9H2,1H3,(H2,14,17).